The molecule has 0 saturated heterocycles. The fourth-order valence-electron chi connectivity index (χ4n) is 2.40. The zero-order valence-electron chi connectivity index (χ0n) is 16.8. The van der Waals surface area contributed by atoms with Crippen molar-refractivity contribution in [2.45, 2.75) is 0 Å². The maximum atomic E-state index is 12.4. The van der Waals surface area contributed by atoms with Gasteiger partial charge in [-0.05, 0) is 51.8 Å². The number of halogens is 1. The van der Waals surface area contributed by atoms with Crippen molar-refractivity contribution in [3.05, 3.63) is 71.2 Å². The van der Waals surface area contributed by atoms with E-state index < -0.39 is 5.91 Å². The first-order chi connectivity index (χ1) is 14.5. The van der Waals surface area contributed by atoms with Crippen molar-refractivity contribution in [1.82, 2.24) is 5.43 Å². The van der Waals surface area contributed by atoms with E-state index in [-0.39, 0.29) is 0 Å². The van der Waals surface area contributed by atoms with Gasteiger partial charge in [-0.1, -0.05) is 25.3 Å². The molecule has 158 valence electrons. The third-order valence-corrected chi connectivity index (χ3v) is 4.35. The Bertz CT molecular complexity index is 943. The van der Waals surface area contributed by atoms with Gasteiger partial charge in [0.05, 0.1) is 24.9 Å². The molecule has 0 aliphatic rings. The monoisotopic (exact) mass is 474 g/mol. The van der Waals surface area contributed by atoms with Gasteiger partial charge < -0.3 is 18.9 Å². The minimum Gasteiger partial charge on any atom is -0.493 e. The SMILES string of the molecule is C=CCOc1ccc(C(=O)N/N=C/c2cc(Br)c(OCC=C)c(OC)c2)cc1OC. The van der Waals surface area contributed by atoms with Crippen LogP contribution in [-0.4, -0.2) is 39.6 Å². The van der Waals surface area contributed by atoms with Crippen LogP contribution in [0, 0.1) is 0 Å². The Kier molecular flexibility index (Phi) is 8.96. The molecule has 0 aromatic heterocycles. The van der Waals surface area contributed by atoms with Crippen LogP contribution in [-0.2, 0) is 0 Å². The highest BCUT2D eigenvalue weighted by molar-refractivity contribution is 9.10. The highest BCUT2D eigenvalue weighted by Crippen LogP contribution is 2.36. The molecule has 0 bridgehead atoms. The van der Waals surface area contributed by atoms with Gasteiger partial charge in [-0.15, -0.1) is 0 Å². The van der Waals surface area contributed by atoms with E-state index in [2.05, 4.69) is 39.6 Å². The molecule has 1 N–H and O–H groups in total. The van der Waals surface area contributed by atoms with Crippen LogP contribution in [0.15, 0.2) is 65.2 Å². The summed E-state index contributed by atoms with van der Waals surface area (Å²) in [7, 11) is 3.05. The highest BCUT2D eigenvalue weighted by atomic mass is 79.9. The standard InChI is InChI=1S/C22H23BrN2O5/c1-5-9-29-18-8-7-16(13-19(18)27-3)22(26)25-24-14-15-11-17(23)21(30-10-6-2)20(12-15)28-4/h5-8,11-14H,1-2,9-10H2,3-4H3,(H,25,26)/b24-14+. The Morgan fingerprint density at radius 2 is 1.73 bits per heavy atom. The normalized spacial score (nSPS) is 10.4. The van der Waals surface area contributed by atoms with Crippen molar-refractivity contribution in [2.24, 2.45) is 5.10 Å². The second-order valence-electron chi connectivity index (χ2n) is 5.80. The average Bonchev–Trinajstić information content (AvgIpc) is 2.76. The van der Waals surface area contributed by atoms with Gasteiger partial charge in [-0.3, -0.25) is 4.79 Å². The molecule has 0 radical (unpaired) electrons. The lowest BCUT2D eigenvalue weighted by atomic mass is 10.2. The molecule has 0 spiro atoms. The average molecular weight is 475 g/mol. The number of ether oxygens (including phenoxy) is 4. The van der Waals surface area contributed by atoms with Crippen LogP contribution in [0.25, 0.3) is 0 Å². The van der Waals surface area contributed by atoms with E-state index in [9.17, 15) is 4.79 Å². The number of amides is 1. The fourth-order valence-corrected chi connectivity index (χ4v) is 2.98. The van der Waals surface area contributed by atoms with Gasteiger partial charge in [-0.2, -0.15) is 5.10 Å². The van der Waals surface area contributed by atoms with E-state index in [0.29, 0.717) is 51.8 Å². The molecular formula is C22H23BrN2O5. The molecule has 30 heavy (non-hydrogen) atoms. The van der Waals surface area contributed by atoms with Gasteiger partial charge in [0.15, 0.2) is 23.0 Å². The van der Waals surface area contributed by atoms with Gasteiger partial charge >= 0.3 is 0 Å². The van der Waals surface area contributed by atoms with Crippen LogP contribution < -0.4 is 24.4 Å². The maximum absolute atomic E-state index is 12.4. The topological polar surface area (TPSA) is 78.4 Å². The maximum Gasteiger partial charge on any atom is 0.271 e. The van der Waals surface area contributed by atoms with Gasteiger partial charge in [0.2, 0.25) is 0 Å². The summed E-state index contributed by atoms with van der Waals surface area (Å²) in [6, 6.07) is 8.40. The van der Waals surface area contributed by atoms with E-state index in [1.54, 1.807) is 49.6 Å². The molecule has 8 heteroatoms. The predicted octanol–water partition coefficient (Wildman–Crippen LogP) is 4.36. The molecular weight excluding hydrogens is 452 g/mol. The lowest BCUT2D eigenvalue weighted by Crippen LogP contribution is -2.17. The first-order valence-corrected chi connectivity index (χ1v) is 9.69. The molecule has 7 nitrogen and oxygen atoms in total. The minimum atomic E-state index is -0.392. The van der Waals surface area contributed by atoms with Crippen molar-refractivity contribution in [2.75, 3.05) is 27.4 Å². The number of carbonyl (C=O) groups excluding carboxylic acids is 1. The number of hydrogen-bond acceptors (Lipinski definition) is 6. The summed E-state index contributed by atoms with van der Waals surface area (Å²) in [6.45, 7) is 7.91. The minimum absolute atomic E-state index is 0.336. The number of hydrogen-bond donors (Lipinski definition) is 1. The third-order valence-electron chi connectivity index (χ3n) is 3.76. The molecule has 0 aliphatic carbocycles. The van der Waals surface area contributed by atoms with Gasteiger partial charge in [0.25, 0.3) is 5.91 Å². The Morgan fingerprint density at radius 3 is 2.40 bits per heavy atom. The van der Waals surface area contributed by atoms with Crippen molar-refractivity contribution >= 4 is 28.1 Å². The molecule has 1 amide bonds. The molecule has 0 unspecified atom stereocenters. The second kappa shape index (κ2) is 11.7. The molecule has 2 aromatic carbocycles. The molecule has 0 heterocycles. The lowest BCUT2D eigenvalue weighted by Gasteiger charge is -2.12. The lowest BCUT2D eigenvalue weighted by molar-refractivity contribution is 0.0954. The number of benzene rings is 2. The number of nitrogens with zero attached hydrogens (tertiary/aromatic N) is 1. The van der Waals surface area contributed by atoms with Crippen molar-refractivity contribution in [3.63, 3.8) is 0 Å². The van der Waals surface area contributed by atoms with Crippen LogP contribution >= 0.6 is 15.9 Å². The number of nitrogens with one attached hydrogen (secondary N) is 1. The summed E-state index contributed by atoms with van der Waals surface area (Å²) < 4.78 is 22.4. The highest BCUT2D eigenvalue weighted by Gasteiger charge is 2.12. The Hall–Kier alpha value is -3.26. The molecule has 2 rings (SSSR count). The Morgan fingerprint density at radius 1 is 1.03 bits per heavy atom. The molecule has 0 saturated carbocycles. The van der Waals surface area contributed by atoms with Gasteiger partial charge in [-0.25, -0.2) is 5.43 Å². The largest absolute Gasteiger partial charge is 0.493 e. The number of methoxy groups -OCH3 is 2. The number of rotatable bonds is 11. The van der Waals surface area contributed by atoms with Gasteiger partial charge in [0, 0.05) is 5.56 Å². The van der Waals surface area contributed by atoms with Crippen LogP contribution in [0.4, 0.5) is 0 Å². The molecule has 0 fully saturated rings. The Labute approximate surface area is 184 Å². The second-order valence-corrected chi connectivity index (χ2v) is 6.65. The van der Waals surface area contributed by atoms with E-state index >= 15 is 0 Å². The molecule has 2 aromatic rings. The summed E-state index contributed by atoms with van der Waals surface area (Å²) >= 11 is 3.45. The van der Waals surface area contributed by atoms with Crippen molar-refractivity contribution in [3.8, 4) is 23.0 Å². The Balaban J connectivity index is 2.11. The van der Waals surface area contributed by atoms with Crippen LogP contribution in [0.2, 0.25) is 0 Å². The zero-order valence-corrected chi connectivity index (χ0v) is 18.4. The van der Waals surface area contributed by atoms with Gasteiger partial charge in [0.1, 0.15) is 13.2 Å². The van der Waals surface area contributed by atoms with E-state index in [4.69, 9.17) is 18.9 Å². The summed E-state index contributed by atoms with van der Waals surface area (Å²) in [4.78, 5) is 12.4. The smallest absolute Gasteiger partial charge is 0.271 e. The predicted molar refractivity (Wildman–Crippen MR) is 120 cm³/mol. The molecule has 0 atom stereocenters. The summed E-state index contributed by atoms with van der Waals surface area (Å²) in [5.41, 5.74) is 3.57. The fraction of sp³-hybridized carbons (Fsp3) is 0.182. The van der Waals surface area contributed by atoms with Crippen molar-refractivity contribution in [1.29, 1.82) is 0 Å². The van der Waals surface area contributed by atoms with E-state index in [0.717, 1.165) is 0 Å². The summed E-state index contributed by atoms with van der Waals surface area (Å²) in [6.07, 6.45) is 4.77. The van der Waals surface area contributed by atoms with Crippen LogP contribution in [0.1, 0.15) is 15.9 Å². The van der Waals surface area contributed by atoms with Crippen LogP contribution in [0.5, 0.6) is 23.0 Å². The molecule has 0 aliphatic heterocycles. The van der Waals surface area contributed by atoms with E-state index in [1.807, 2.05) is 0 Å². The zero-order chi connectivity index (χ0) is 21.9. The van der Waals surface area contributed by atoms with Crippen molar-refractivity contribution < 1.29 is 23.7 Å². The number of hydrazone groups is 1. The summed E-state index contributed by atoms with van der Waals surface area (Å²) in [5, 5.41) is 4.01. The number of carbonyl (C=O) groups is 1. The van der Waals surface area contributed by atoms with E-state index in [1.165, 1.54) is 13.3 Å². The quantitative estimate of drug-likeness (QED) is 0.297. The first-order valence-electron chi connectivity index (χ1n) is 8.90. The first kappa shape index (κ1) is 23.0. The summed E-state index contributed by atoms with van der Waals surface area (Å²) in [5.74, 6) is 1.66. The third kappa shape index (κ3) is 6.12. The van der Waals surface area contributed by atoms with Crippen LogP contribution in [0.3, 0.4) is 0 Å².